The van der Waals surface area contributed by atoms with E-state index in [9.17, 15) is 0 Å². The molecule has 255 valence electrons. The van der Waals surface area contributed by atoms with Gasteiger partial charge < -0.3 is 14.4 Å². The van der Waals surface area contributed by atoms with Gasteiger partial charge in [-0.05, 0) is 56.9 Å². The number of furan rings is 1. The van der Waals surface area contributed by atoms with Gasteiger partial charge in [-0.2, -0.15) is 0 Å². The Bertz CT molecular complexity index is 2380. The minimum Gasteiger partial charge on any atom is -0.501 e. The van der Waals surface area contributed by atoms with Crippen LogP contribution in [0.2, 0.25) is 19.6 Å². The molecule has 0 saturated heterocycles. The fourth-order valence-corrected chi connectivity index (χ4v) is 8.07. The topological polar surface area (TPSA) is 38.9 Å². The first kappa shape index (κ1) is 35.9. The summed E-state index contributed by atoms with van der Waals surface area (Å²) in [5.74, 6) is 0.534. The molecule has 51 heavy (non-hydrogen) atoms. The van der Waals surface area contributed by atoms with Crippen molar-refractivity contribution in [3.8, 4) is 44.8 Å². The van der Waals surface area contributed by atoms with Crippen LogP contribution in [0.4, 0.5) is 0 Å². The van der Waals surface area contributed by atoms with Gasteiger partial charge in [0.05, 0.1) is 13.7 Å². The van der Waals surface area contributed by atoms with Gasteiger partial charge in [0.1, 0.15) is 5.58 Å². The van der Waals surface area contributed by atoms with E-state index in [1.807, 2.05) is 60.8 Å². The normalized spacial score (nSPS) is 11.3. The Kier molecular flexibility index (Phi) is 10.9. The standard InChI is InChI=1S/C29H18NO.C17H22NSi.Ir/c1-3-8-20(9-4-1)22-14-15-24-25-12-7-13-26(29(25)31-28(24)19-22)27-18-23(16-17-30-27)21-10-5-2-6-11-21;1-13(2)15-11-16(14-9-7-6-8-10-14)18-12-17(15)19(3,4)5;/h1-12,14-19H;6-9,11-13H,1-5H3;/q2*-1;. The average molecular weight is 857 g/mol. The fraction of sp³-hybridized carbons (Fsp3) is 0.130. The van der Waals surface area contributed by atoms with Crippen molar-refractivity contribution < 1.29 is 24.5 Å². The number of nitrogens with zero attached hydrogens (tertiary/aromatic N) is 2. The molecule has 3 nitrogen and oxygen atoms in total. The molecule has 5 heteroatoms. The predicted molar refractivity (Wildman–Crippen MR) is 212 cm³/mol. The molecule has 1 radical (unpaired) electrons. The minimum atomic E-state index is -1.34. The molecule has 0 N–H and O–H groups in total. The van der Waals surface area contributed by atoms with E-state index in [1.54, 1.807) is 0 Å². The van der Waals surface area contributed by atoms with Crippen molar-refractivity contribution in [2.75, 3.05) is 0 Å². The van der Waals surface area contributed by atoms with E-state index in [2.05, 4.69) is 141 Å². The van der Waals surface area contributed by atoms with Crippen molar-refractivity contribution in [3.05, 3.63) is 164 Å². The van der Waals surface area contributed by atoms with Crippen LogP contribution in [0, 0.1) is 12.1 Å². The fourth-order valence-electron chi connectivity index (χ4n) is 6.39. The third-order valence-corrected chi connectivity index (χ3v) is 11.0. The van der Waals surface area contributed by atoms with Crippen LogP contribution in [0.5, 0.6) is 0 Å². The van der Waals surface area contributed by atoms with Crippen LogP contribution in [0.15, 0.2) is 150 Å². The summed E-state index contributed by atoms with van der Waals surface area (Å²) < 4.78 is 6.37. The van der Waals surface area contributed by atoms with Crippen LogP contribution in [0.3, 0.4) is 0 Å². The zero-order valence-electron chi connectivity index (χ0n) is 29.6. The van der Waals surface area contributed by atoms with Gasteiger partial charge in [0, 0.05) is 37.9 Å². The van der Waals surface area contributed by atoms with Crippen LogP contribution in [0.25, 0.3) is 66.7 Å². The molecule has 0 aliphatic carbocycles. The van der Waals surface area contributed by atoms with E-state index < -0.39 is 8.07 Å². The van der Waals surface area contributed by atoms with Gasteiger partial charge in [-0.25, -0.2) is 0 Å². The van der Waals surface area contributed by atoms with Crippen LogP contribution in [-0.4, -0.2) is 18.0 Å². The molecule has 3 aromatic heterocycles. The number of aromatic nitrogens is 2. The Balaban J connectivity index is 0.000000194. The molecular formula is C46H40IrN2OSi-2. The summed E-state index contributed by atoms with van der Waals surface area (Å²) in [4.78, 5) is 9.29. The summed E-state index contributed by atoms with van der Waals surface area (Å²) in [7, 11) is -1.34. The minimum absolute atomic E-state index is 0. The number of benzene rings is 5. The Labute approximate surface area is 315 Å². The van der Waals surface area contributed by atoms with E-state index >= 15 is 0 Å². The molecule has 8 rings (SSSR count). The van der Waals surface area contributed by atoms with Crippen LogP contribution in [0.1, 0.15) is 25.3 Å². The van der Waals surface area contributed by atoms with Crippen molar-refractivity contribution in [1.29, 1.82) is 0 Å². The Hall–Kier alpha value is -4.93. The second-order valence-electron chi connectivity index (χ2n) is 13.9. The maximum absolute atomic E-state index is 6.37. The maximum Gasteiger partial charge on any atom is 0.121 e. The molecule has 0 amide bonds. The second kappa shape index (κ2) is 15.5. The summed E-state index contributed by atoms with van der Waals surface area (Å²) in [6.07, 6.45) is 3.94. The summed E-state index contributed by atoms with van der Waals surface area (Å²) in [6, 6.07) is 52.2. The summed E-state index contributed by atoms with van der Waals surface area (Å²) >= 11 is 0. The first-order chi connectivity index (χ1) is 24.3. The van der Waals surface area contributed by atoms with Crippen LogP contribution >= 0.6 is 0 Å². The van der Waals surface area contributed by atoms with E-state index in [0.29, 0.717) is 5.92 Å². The van der Waals surface area contributed by atoms with E-state index in [4.69, 9.17) is 4.42 Å². The van der Waals surface area contributed by atoms with Gasteiger partial charge >= 0.3 is 0 Å². The molecule has 0 saturated carbocycles. The van der Waals surface area contributed by atoms with Gasteiger partial charge in [0.15, 0.2) is 0 Å². The Morgan fingerprint density at radius 1 is 0.608 bits per heavy atom. The third kappa shape index (κ3) is 7.87. The second-order valence-corrected chi connectivity index (χ2v) is 18.9. The van der Waals surface area contributed by atoms with Gasteiger partial charge in [-0.1, -0.05) is 135 Å². The zero-order chi connectivity index (χ0) is 34.7. The van der Waals surface area contributed by atoms with Crippen molar-refractivity contribution in [1.82, 2.24) is 9.97 Å². The molecule has 3 heterocycles. The van der Waals surface area contributed by atoms with Crippen molar-refractivity contribution >= 4 is 35.2 Å². The molecule has 0 aliphatic rings. The van der Waals surface area contributed by atoms with Gasteiger partial charge in [-0.15, -0.1) is 54.1 Å². The maximum atomic E-state index is 6.37. The summed E-state index contributed by atoms with van der Waals surface area (Å²) in [5, 5.41) is 3.65. The van der Waals surface area contributed by atoms with Crippen molar-refractivity contribution in [2.24, 2.45) is 0 Å². The van der Waals surface area contributed by atoms with Gasteiger partial charge in [0.2, 0.25) is 0 Å². The number of fused-ring (bicyclic) bond motifs is 3. The smallest absolute Gasteiger partial charge is 0.121 e. The predicted octanol–water partition coefficient (Wildman–Crippen LogP) is 12.0. The largest absolute Gasteiger partial charge is 0.501 e. The SMILES string of the molecule is CC(C)c1cc(-c2[c-]cccc2)ncc1[Si](C)(C)C.[Ir].[c-]1ccc2c(oc3cc(-c4ccccc4)ccc32)c1-c1cc(-c2ccccc2)ccn1. The van der Waals surface area contributed by atoms with Crippen LogP contribution < -0.4 is 5.19 Å². The Morgan fingerprint density at radius 3 is 1.94 bits per heavy atom. The number of pyridine rings is 2. The average Bonchev–Trinajstić information content (AvgIpc) is 3.54. The molecule has 0 aliphatic heterocycles. The van der Waals surface area contributed by atoms with Crippen molar-refractivity contribution in [2.45, 2.75) is 39.4 Å². The quantitative estimate of drug-likeness (QED) is 0.124. The van der Waals surface area contributed by atoms with Gasteiger partial charge in [0.25, 0.3) is 0 Å². The van der Waals surface area contributed by atoms with Crippen molar-refractivity contribution in [3.63, 3.8) is 0 Å². The van der Waals surface area contributed by atoms with E-state index in [0.717, 1.165) is 61.1 Å². The Morgan fingerprint density at radius 2 is 1.29 bits per heavy atom. The molecule has 5 aromatic carbocycles. The first-order valence-electron chi connectivity index (χ1n) is 17.2. The monoisotopic (exact) mass is 857 g/mol. The zero-order valence-corrected chi connectivity index (χ0v) is 33.0. The van der Waals surface area contributed by atoms with Crippen LogP contribution in [-0.2, 0) is 20.1 Å². The molecule has 8 aromatic rings. The molecule has 0 fully saturated rings. The first-order valence-corrected chi connectivity index (χ1v) is 20.7. The molecule has 0 unspecified atom stereocenters. The summed E-state index contributed by atoms with van der Waals surface area (Å²) in [6.45, 7) is 11.7. The van der Waals surface area contributed by atoms with Gasteiger partial charge in [-0.3, -0.25) is 0 Å². The number of hydrogen-bond acceptors (Lipinski definition) is 3. The molecule has 0 bridgehead atoms. The molecule has 0 spiro atoms. The summed E-state index contributed by atoms with van der Waals surface area (Å²) in [5.41, 5.74) is 11.6. The van der Waals surface area contributed by atoms with E-state index in [-0.39, 0.29) is 20.1 Å². The number of hydrogen-bond donors (Lipinski definition) is 0. The molecule has 0 atom stereocenters. The van der Waals surface area contributed by atoms with E-state index in [1.165, 1.54) is 16.3 Å². The number of rotatable bonds is 6. The third-order valence-electron chi connectivity index (χ3n) is 9.01. The molecular weight excluding hydrogens is 817 g/mol.